The highest BCUT2D eigenvalue weighted by Crippen LogP contribution is 2.26. The van der Waals surface area contributed by atoms with Crippen LogP contribution in [0.15, 0.2) is 28.9 Å². The van der Waals surface area contributed by atoms with E-state index >= 15 is 0 Å². The molecule has 0 atom stereocenters. The molecule has 0 aliphatic heterocycles. The Morgan fingerprint density at radius 2 is 1.33 bits per heavy atom. The maximum atomic E-state index is 13.2. The van der Waals surface area contributed by atoms with Crippen LogP contribution in [0.2, 0.25) is 5.15 Å². The fourth-order valence-electron chi connectivity index (χ4n) is 2.66. The van der Waals surface area contributed by atoms with Crippen molar-refractivity contribution in [2.45, 2.75) is 27.7 Å². The molecule has 27 heavy (non-hydrogen) atoms. The Bertz CT molecular complexity index is 984. The first-order valence-corrected chi connectivity index (χ1v) is 8.42. The lowest BCUT2D eigenvalue weighted by molar-refractivity contribution is 0.0894. The molecule has 0 saturated heterocycles. The largest absolute Gasteiger partial charge is 0.268 e. The van der Waals surface area contributed by atoms with E-state index in [1.165, 1.54) is 0 Å². The highest BCUT2D eigenvalue weighted by Gasteiger charge is 2.33. The molecule has 9 heteroatoms. The first kappa shape index (κ1) is 18.7. The zero-order valence-electron chi connectivity index (χ0n) is 15.1. The summed E-state index contributed by atoms with van der Waals surface area (Å²) in [6, 6.07) is 6.57. The van der Waals surface area contributed by atoms with Crippen LogP contribution >= 0.6 is 11.6 Å². The average Bonchev–Trinajstić information content (AvgIpc) is 3.00. The highest BCUT2D eigenvalue weighted by molar-refractivity contribution is 6.35. The molecule has 2 amide bonds. The van der Waals surface area contributed by atoms with Crippen LogP contribution in [0.25, 0.3) is 0 Å². The Balaban J connectivity index is 2.13. The number of carbonyl (C=O) groups is 2. The fourth-order valence-corrected chi connectivity index (χ4v) is 2.81. The van der Waals surface area contributed by atoms with Gasteiger partial charge >= 0.3 is 0 Å². The van der Waals surface area contributed by atoms with E-state index in [1.54, 1.807) is 38.1 Å². The van der Waals surface area contributed by atoms with Crippen molar-refractivity contribution < 1.29 is 14.2 Å². The van der Waals surface area contributed by atoms with Crippen molar-refractivity contribution in [1.29, 1.82) is 0 Å². The molecule has 0 fully saturated rings. The lowest BCUT2D eigenvalue weighted by atomic mass is 10.1. The third kappa shape index (κ3) is 3.56. The van der Waals surface area contributed by atoms with Crippen molar-refractivity contribution >= 4 is 29.2 Å². The summed E-state index contributed by atoms with van der Waals surface area (Å²) in [7, 11) is 0. The van der Waals surface area contributed by atoms with Crippen LogP contribution in [-0.4, -0.2) is 32.1 Å². The Morgan fingerprint density at radius 1 is 0.852 bits per heavy atom. The molecule has 3 rings (SSSR count). The minimum absolute atomic E-state index is 0.188. The topological polar surface area (TPSA) is 102 Å². The summed E-state index contributed by atoms with van der Waals surface area (Å²) in [5, 5.41) is 6.89. The zero-order chi connectivity index (χ0) is 19.7. The summed E-state index contributed by atoms with van der Waals surface area (Å²) < 4.78 is 4.59. The predicted molar refractivity (Wildman–Crippen MR) is 97.9 cm³/mol. The number of rotatable bonds is 3. The lowest BCUT2D eigenvalue weighted by Gasteiger charge is -2.19. The van der Waals surface area contributed by atoms with Crippen molar-refractivity contribution in [3.05, 3.63) is 63.3 Å². The number of amides is 2. The molecule has 0 aliphatic rings. The number of hydrogen-bond acceptors (Lipinski definition) is 7. The van der Waals surface area contributed by atoms with Crippen LogP contribution in [0.4, 0.5) is 5.82 Å². The molecule has 0 aliphatic carbocycles. The van der Waals surface area contributed by atoms with Gasteiger partial charge in [0.1, 0.15) is 0 Å². The number of nitrogens with zero attached hydrogens (tertiary/aromatic N) is 5. The minimum atomic E-state index is -0.637. The second-order valence-corrected chi connectivity index (χ2v) is 6.35. The van der Waals surface area contributed by atoms with E-state index in [2.05, 4.69) is 24.9 Å². The number of anilines is 1. The Morgan fingerprint density at radius 3 is 1.70 bits per heavy atom. The maximum absolute atomic E-state index is 13.2. The molecule has 0 spiro atoms. The van der Waals surface area contributed by atoms with Crippen molar-refractivity contribution in [3.63, 3.8) is 0 Å². The van der Waals surface area contributed by atoms with E-state index in [1.807, 2.05) is 13.8 Å². The molecule has 0 bridgehead atoms. The first-order valence-electron chi connectivity index (χ1n) is 8.05. The second-order valence-electron chi connectivity index (χ2n) is 6.00. The van der Waals surface area contributed by atoms with Crippen LogP contribution in [-0.2, 0) is 0 Å². The van der Waals surface area contributed by atoms with Crippen LogP contribution in [0.1, 0.15) is 43.5 Å². The van der Waals surface area contributed by atoms with Gasteiger partial charge in [0.15, 0.2) is 0 Å². The number of carbonyl (C=O) groups excluding carboxylic acids is 2. The summed E-state index contributed by atoms with van der Waals surface area (Å²) in [6.07, 6.45) is 0. The minimum Gasteiger partial charge on any atom is -0.268 e. The van der Waals surface area contributed by atoms with Gasteiger partial charge in [-0.3, -0.25) is 19.6 Å². The average molecular weight is 386 g/mol. The number of aromatic nitrogens is 4. The van der Waals surface area contributed by atoms with Crippen LogP contribution in [0.3, 0.4) is 0 Å². The fraction of sp³-hybridized carbons (Fsp3) is 0.222. The number of halogens is 1. The summed E-state index contributed by atoms with van der Waals surface area (Å²) >= 11 is 5.98. The van der Waals surface area contributed by atoms with E-state index in [4.69, 9.17) is 11.6 Å². The van der Waals surface area contributed by atoms with Gasteiger partial charge in [0.25, 0.3) is 11.8 Å². The van der Waals surface area contributed by atoms with Crippen LogP contribution in [0, 0.1) is 27.7 Å². The molecule has 0 N–H and O–H groups in total. The Kier molecular flexibility index (Phi) is 5.00. The normalized spacial score (nSPS) is 10.7. The van der Waals surface area contributed by atoms with Crippen molar-refractivity contribution in [3.8, 4) is 0 Å². The zero-order valence-corrected chi connectivity index (χ0v) is 15.9. The molecule has 8 nitrogen and oxygen atoms in total. The second kappa shape index (κ2) is 7.24. The monoisotopic (exact) mass is 385 g/mol. The number of aryl methyl sites for hydroxylation is 4. The van der Waals surface area contributed by atoms with Gasteiger partial charge in [0.2, 0.25) is 11.0 Å². The molecule has 3 aromatic heterocycles. The molecule has 0 saturated carbocycles. The van der Waals surface area contributed by atoms with E-state index in [0.717, 1.165) is 16.3 Å². The van der Waals surface area contributed by atoms with Gasteiger partial charge in [-0.05, 0) is 62.3 Å². The van der Waals surface area contributed by atoms with E-state index < -0.39 is 11.8 Å². The summed E-state index contributed by atoms with van der Waals surface area (Å²) in [6.45, 7) is 6.99. The van der Waals surface area contributed by atoms with Gasteiger partial charge in [0.05, 0.1) is 22.5 Å². The molecule has 0 aromatic carbocycles. The third-order valence-corrected chi connectivity index (χ3v) is 4.20. The predicted octanol–water partition coefficient (Wildman–Crippen LogP) is 3.23. The summed E-state index contributed by atoms with van der Waals surface area (Å²) in [4.78, 5) is 35.8. The molecule has 0 unspecified atom stereocenters. The van der Waals surface area contributed by atoms with Crippen molar-refractivity contribution in [1.82, 2.24) is 20.3 Å². The first-order chi connectivity index (χ1) is 12.8. The number of hydrogen-bond donors (Lipinski definition) is 0. The van der Waals surface area contributed by atoms with Gasteiger partial charge in [-0.25, -0.2) is 9.53 Å². The Labute approximate surface area is 160 Å². The number of pyridine rings is 2. The smallest absolute Gasteiger partial charge is 0.268 e. The standard InChI is InChI=1S/C18H16ClN5O3/c1-9-5-7-13(11(3)20-9)17(25)24(16-15(19)22-27-23-16)18(26)14-8-6-10(2)21-12(14)4/h5-8H,1-4H3. The molecule has 0 radical (unpaired) electrons. The van der Waals surface area contributed by atoms with Crippen molar-refractivity contribution in [2.24, 2.45) is 0 Å². The quantitative estimate of drug-likeness (QED) is 0.637. The Hall–Kier alpha value is -3.13. The summed E-state index contributed by atoms with van der Waals surface area (Å²) in [5.74, 6) is -1.46. The summed E-state index contributed by atoms with van der Waals surface area (Å²) in [5.41, 5.74) is 2.94. The highest BCUT2D eigenvalue weighted by atomic mass is 35.5. The molecule has 3 heterocycles. The van der Waals surface area contributed by atoms with Gasteiger partial charge in [-0.15, -0.1) is 0 Å². The van der Waals surface area contributed by atoms with Gasteiger partial charge < -0.3 is 0 Å². The van der Waals surface area contributed by atoms with E-state index in [-0.39, 0.29) is 22.1 Å². The molecular formula is C18H16ClN5O3. The van der Waals surface area contributed by atoms with E-state index in [0.29, 0.717) is 11.4 Å². The van der Waals surface area contributed by atoms with Crippen LogP contribution in [0.5, 0.6) is 0 Å². The molecular weight excluding hydrogens is 370 g/mol. The molecule has 3 aromatic rings. The van der Waals surface area contributed by atoms with E-state index in [9.17, 15) is 9.59 Å². The van der Waals surface area contributed by atoms with Gasteiger partial charge in [-0.2, -0.15) is 0 Å². The third-order valence-electron chi connectivity index (χ3n) is 3.96. The SMILES string of the molecule is Cc1ccc(C(=O)N(C(=O)c2ccc(C)nc2C)c2nonc2Cl)c(C)n1. The van der Waals surface area contributed by atoms with Gasteiger partial charge in [-0.1, -0.05) is 11.6 Å². The van der Waals surface area contributed by atoms with Crippen molar-refractivity contribution in [2.75, 3.05) is 4.90 Å². The number of imide groups is 1. The van der Waals surface area contributed by atoms with Crippen LogP contribution < -0.4 is 4.90 Å². The maximum Gasteiger partial charge on any atom is 0.268 e. The molecule has 138 valence electrons. The van der Waals surface area contributed by atoms with Gasteiger partial charge in [0, 0.05) is 11.4 Å². The lowest BCUT2D eigenvalue weighted by Crippen LogP contribution is -2.38.